The highest BCUT2D eigenvalue weighted by atomic mass is 32.1. The Bertz CT molecular complexity index is 1340. The minimum absolute atomic E-state index is 0.0283. The summed E-state index contributed by atoms with van der Waals surface area (Å²) in [6.07, 6.45) is 8.60. The molecule has 6 rings (SSSR count). The summed E-state index contributed by atoms with van der Waals surface area (Å²) in [4.78, 5) is 26.3. The Balaban J connectivity index is 0.980. The highest BCUT2D eigenvalue weighted by Gasteiger charge is 2.25. The van der Waals surface area contributed by atoms with E-state index >= 15 is 0 Å². The number of rotatable bonds is 6. The lowest BCUT2D eigenvalue weighted by molar-refractivity contribution is 0.0921. The van der Waals surface area contributed by atoms with E-state index in [4.69, 9.17) is 4.98 Å². The van der Waals surface area contributed by atoms with Crippen molar-refractivity contribution in [3.8, 4) is 10.6 Å². The lowest BCUT2D eigenvalue weighted by Crippen LogP contribution is -2.38. The average Bonchev–Trinajstić information content (AvgIpc) is 3.36. The number of benzene rings is 2. The van der Waals surface area contributed by atoms with Crippen molar-refractivity contribution in [2.45, 2.75) is 51.1 Å². The molecule has 2 aliphatic rings. The third-order valence-corrected chi connectivity index (χ3v) is 8.89. The van der Waals surface area contributed by atoms with Crippen LogP contribution in [0.2, 0.25) is 0 Å². The maximum Gasteiger partial charge on any atom is 0.252 e. The van der Waals surface area contributed by atoms with Crippen LogP contribution in [0.3, 0.4) is 0 Å². The molecule has 1 fully saturated rings. The Hall–Kier alpha value is -3.09. The van der Waals surface area contributed by atoms with Crippen LogP contribution < -0.4 is 5.32 Å². The van der Waals surface area contributed by atoms with Crippen LogP contribution in [0.25, 0.3) is 21.5 Å². The van der Waals surface area contributed by atoms with Crippen LogP contribution in [0.5, 0.6) is 0 Å². The molecular formula is C30H32N4OS. The van der Waals surface area contributed by atoms with E-state index in [2.05, 4.69) is 45.5 Å². The standard InChI is InChI=1S/C30H32N4OS/c35-29(25-8-4-10-26-24(25)9-5-17-31-26)32-23-13-11-21(12-14-23)15-18-34-19-16-27-28(20-34)36-30(33-27)22-6-2-1-3-7-22/h1-10,17,21,23H,11-16,18-20H2,(H,32,35)/t21-,23-. The zero-order valence-corrected chi connectivity index (χ0v) is 21.3. The van der Waals surface area contributed by atoms with Crippen LogP contribution in [0.4, 0.5) is 0 Å². The van der Waals surface area contributed by atoms with Crippen molar-refractivity contribution < 1.29 is 4.79 Å². The molecule has 5 nitrogen and oxygen atoms in total. The minimum atomic E-state index is 0.0283. The molecule has 1 N–H and O–H groups in total. The number of thiazole rings is 1. The average molecular weight is 497 g/mol. The van der Waals surface area contributed by atoms with Gasteiger partial charge in [-0.25, -0.2) is 4.98 Å². The van der Waals surface area contributed by atoms with E-state index in [1.165, 1.54) is 35.4 Å². The van der Waals surface area contributed by atoms with Crippen LogP contribution in [-0.2, 0) is 13.0 Å². The van der Waals surface area contributed by atoms with Crippen LogP contribution >= 0.6 is 11.3 Å². The van der Waals surface area contributed by atoms with Crippen molar-refractivity contribution >= 4 is 28.1 Å². The quantitative estimate of drug-likeness (QED) is 0.351. The number of fused-ring (bicyclic) bond motifs is 2. The van der Waals surface area contributed by atoms with Crippen molar-refractivity contribution in [1.82, 2.24) is 20.2 Å². The third kappa shape index (κ3) is 5.06. The van der Waals surface area contributed by atoms with Crippen molar-refractivity contribution in [3.63, 3.8) is 0 Å². The molecule has 1 saturated carbocycles. The molecule has 6 heteroatoms. The van der Waals surface area contributed by atoms with Crippen LogP contribution in [0, 0.1) is 5.92 Å². The van der Waals surface area contributed by atoms with E-state index in [-0.39, 0.29) is 11.9 Å². The van der Waals surface area contributed by atoms with Crippen LogP contribution in [0.1, 0.15) is 53.0 Å². The second-order valence-corrected chi connectivity index (χ2v) is 11.2. The Morgan fingerprint density at radius 2 is 1.86 bits per heavy atom. The maximum atomic E-state index is 13.0. The van der Waals surface area contributed by atoms with Gasteiger partial charge in [0.15, 0.2) is 0 Å². The van der Waals surface area contributed by atoms with Crippen molar-refractivity contribution in [3.05, 3.63) is 83.0 Å². The Morgan fingerprint density at radius 1 is 1.00 bits per heavy atom. The molecule has 1 amide bonds. The topological polar surface area (TPSA) is 58.1 Å². The number of aromatic nitrogens is 2. The molecule has 36 heavy (non-hydrogen) atoms. The predicted molar refractivity (Wildman–Crippen MR) is 146 cm³/mol. The van der Waals surface area contributed by atoms with Gasteiger partial charge in [-0.2, -0.15) is 0 Å². The van der Waals surface area contributed by atoms with E-state index < -0.39 is 0 Å². The van der Waals surface area contributed by atoms with Gasteiger partial charge in [-0.3, -0.25) is 14.7 Å². The molecule has 0 radical (unpaired) electrons. The summed E-state index contributed by atoms with van der Waals surface area (Å²) in [7, 11) is 0. The number of pyridine rings is 1. The molecule has 2 aromatic heterocycles. The molecule has 0 spiro atoms. The first-order chi connectivity index (χ1) is 17.7. The fourth-order valence-electron chi connectivity index (χ4n) is 5.67. The Kier molecular flexibility index (Phi) is 6.79. The molecule has 2 aromatic carbocycles. The normalized spacial score (nSPS) is 20.2. The lowest BCUT2D eigenvalue weighted by atomic mass is 9.84. The summed E-state index contributed by atoms with van der Waals surface area (Å²) in [6, 6.07) is 20.5. The van der Waals surface area contributed by atoms with Gasteiger partial charge in [-0.1, -0.05) is 42.5 Å². The van der Waals surface area contributed by atoms with E-state index in [1.54, 1.807) is 6.20 Å². The zero-order valence-electron chi connectivity index (χ0n) is 20.5. The van der Waals surface area contributed by atoms with Gasteiger partial charge in [0.05, 0.1) is 11.2 Å². The molecule has 184 valence electrons. The first kappa shape index (κ1) is 23.3. The Morgan fingerprint density at radius 3 is 2.72 bits per heavy atom. The largest absolute Gasteiger partial charge is 0.349 e. The number of nitrogens with one attached hydrogen (secondary N) is 1. The van der Waals surface area contributed by atoms with Gasteiger partial charge in [-0.05, 0) is 62.8 Å². The molecule has 0 bridgehead atoms. The summed E-state index contributed by atoms with van der Waals surface area (Å²) in [5.74, 6) is 0.781. The maximum absolute atomic E-state index is 13.0. The third-order valence-electron chi connectivity index (χ3n) is 7.76. The summed E-state index contributed by atoms with van der Waals surface area (Å²) in [5, 5.41) is 5.38. The van der Waals surface area contributed by atoms with Gasteiger partial charge in [0.1, 0.15) is 5.01 Å². The van der Waals surface area contributed by atoms with E-state index in [1.807, 2.05) is 41.7 Å². The highest BCUT2D eigenvalue weighted by Crippen LogP contribution is 2.33. The van der Waals surface area contributed by atoms with Gasteiger partial charge >= 0.3 is 0 Å². The van der Waals surface area contributed by atoms with Crippen molar-refractivity contribution in [2.24, 2.45) is 5.92 Å². The van der Waals surface area contributed by atoms with Crippen molar-refractivity contribution in [2.75, 3.05) is 13.1 Å². The molecular weight excluding hydrogens is 464 g/mol. The minimum Gasteiger partial charge on any atom is -0.349 e. The van der Waals surface area contributed by atoms with E-state index in [0.29, 0.717) is 0 Å². The zero-order chi connectivity index (χ0) is 24.3. The van der Waals surface area contributed by atoms with Crippen LogP contribution in [0.15, 0.2) is 66.9 Å². The number of amides is 1. The Labute approximate surface area is 216 Å². The number of hydrogen-bond acceptors (Lipinski definition) is 5. The fourth-order valence-corrected chi connectivity index (χ4v) is 6.82. The molecule has 1 aliphatic carbocycles. The molecule has 1 aliphatic heterocycles. The first-order valence-corrected chi connectivity index (χ1v) is 14.0. The summed E-state index contributed by atoms with van der Waals surface area (Å²) in [5.41, 5.74) is 4.12. The number of carbonyl (C=O) groups is 1. The summed E-state index contributed by atoms with van der Waals surface area (Å²) < 4.78 is 0. The molecule has 3 heterocycles. The molecule has 0 unspecified atom stereocenters. The number of hydrogen-bond donors (Lipinski definition) is 1. The van der Waals surface area contributed by atoms with Gasteiger partial charge < -0.3 is 5.32 Å². The van der Waals surface area contributed by atoms with Gasteiger partial charge in [0.25, 0.3) is 5.91 Å². The van der Waals surface area contributed by atoms with Crippen molar-refractivity contribution in [1.29, 1.82) is 0 Å². The molecule has 4 aromatic rings. The number of nitrogens with zero attached hydrogens (tertiary/aromatic N) is 3. The molecule has 0 atom stereocenters. The fraction of sp³-hybridized carbons (Fsp3) is 0.367. The molecule has 0 saturated heterocycles. The van der Waals surface area contributed by atoms with Crippen LogP contribution in [-0.4, -0.2) is 39.9 Å². The second kappa shape index (κ2) is 10.5. The second-order valence-electron chi connectivity index (χ2n) is 10.1. The number of carbonyl (C=O) groups excluding carboxylic acids is 1. The highest BCUT2D eigenvalue weighted by molar-refractivity contribution is 7.15. The van der Waals surface area contributed by atoms with E-state index in [0.717, 1.165) is 66.3 Å². The predicted octanol–water partition coefficient (Wildman–Crippen LogP) is 6.10. The summed E-state index contributed by atoms with van der Waals surface area (Å²) in [6.45, 7) is 3.30. The SMILES string of the molecule is O=C(N[C@H]1CC[C@H](CCN2CCc3nc(-c4ccccc4)sc3C2)CC1)c1cccc2ncccc12. The van der Waals surface area contributed by atoms with Gasteiger partial charge in [-0.15, -0.1) is 11.3 Å². The van der Waals surface area contributed by atoms with Gasteiger partial charge in [0.2, 0.25) is 0 Å². The smallest absolute Gasteiger partial charge is 0.252 e. The summed E-state index contributed by atoms with van der Waals surface area (Å²) >= 11 is 1.86. The van der Waals surface area contributed by atoms with Gasteiger partial charge in [0, 0.05) is 53.1 Å². The lowest BCUT2D eigenvalue weighted by Gasteiger charge is -2.32. The monoisotopic (exact) mass is 496 g/mol. The van der Waals surface area contributed by atoms with E-state index in [9.17, 15) is 4.79 Å². The first-order valence-electron chi connectivity index (χ1n) is 13.1.